The molecule has 0 N–H and O–H groups in total. The number of carbonyl (C=O) groups excluding carboxylic acids is 1. The van der Waals surface area contributed by atoms with Gasteiger partial charge in [0, 0.05) is 10.9 Å². The fraction of sp³-hybridized carbons (Fsp3) is 0.0333. The second kappa shape index (κ2) is 9.01. The van der Waals surface area contributed by atoms with Crippen LogP contribution in [-0.4, -0.2) is 11.0 Å². The summed E-state index contributed by atoms with van der Waals surface area (Å²) in [5, 5.41) is 9.72. The maximum Gasteiger partial charge on any atom is 0.344 e. The highest BCUT2D eigenvalue weighted by molar-refractivity contribution is 6.05. The lowest BCUT2D eigenvalue weighted by Gasteiger charge is -2.11. The molecule has 0 bridgehead atoms. The summed E-state index contributed by atoms with van der Waals surface area (Å²) in [7, 11) is 0. The summed E-state index contributed by atoms with van der Waals surface area (Å²) in [6.45, 7) is 2.03. The molecule has 0 aliphatic rings. The van der Waals surface area contributed by atoms with Gasteiger partial charge in [-0.1, -0.05) is 72.3 Å². The van der Waals surface area contributed by atoms with E-state index in [9.17, 15) is 4.79 Å². The summed E-state index contributed by atoms with van der Waals surface area (Å²) in [6.07, 6.45) is 0. The Hall–Kier alpha value is -4.75. The van der Waals surface area contributed by atoms with Crippen molar-refractivity contribution in [2.24, 2.45) is 0 Å². The number of carbonyl (C=O) groups is 1. The van der Waals surface area contributed by atoms with Crippen molar-refractivity contribution in [2.75, 3.05) is 0 Å². The van der Waals surface area contributed by atoms with Gasteiger partial charge < -0.3 is 4.74 Å². The fourth-order valence-corrected chi connectivity index (χ4v) is 3.83. The molecule has 162 valence electrons. The molecule has 0 spiro atoms. The topological polar surface area (TPSA) is 63.0 Å². The molecule has 0 radical (unpaired) electrons. The maximum atomic E-state index is 13.2. The normalized spacial score (nSPS) is 10.6. The van der Waals surface area contributed by atoms with E-state index < -0.39 is 5.97 Å². The van der Waals surface area contributed by atoms with Gasteiger partial charge in [-0.15, -0.1) is 0 Å². The average molecular weight is 441 g/mol. The molecule has 5 aromatic rings. The van der Waals surface area contributed by atoms with E-state index in [-0.39, 0.29) is 0 Å². The van der Waals surface area contributed by atoms with Crippen LogP contribution in [0.5, 0.6) is 5.75 Å². The Labute approximate surface area is 197 Å². The van der Waals surface area contributed by atoms with Crippen molar-refractivity contribution in [3.63, 3.8) is 0 Å². The molecule has 4 aromatic carbocycles. The van der Waals surface area contributed by atoms with Crippen molar-refractivity contribution in [2.45, 2.75) is 6.92 Å². The molecular formula is C30H20N2O2. The van der Waals surface area contributed by atoms with Gasteiger partial charge in [-0.25, -0.2) is 9.78 Å². The monoisotopic (exact) mass is 440 g/mol. The van der Waals surface area contributed by atoms with Gasteiger partial charge in [0.15, 0.2) is 0 Å². The predicted molar refractivity (Wildman–Crippen MR) is 133 cm³/mol. The van der Waals surface area contributed by atoms with E-state index in [0.717, 1.165) is 38.9 Å². The molecule has 4 nitrogen and oxygen atoms in total. The zero-order chi connectivity index (χ0) is 23.5. The third-order valence-electron chi connectivity index (χ3n) is 5.70. The van der Waals surface area contributed by atoms with E-state index >= 15 is 0 Å². The number of benzene rings is 4. The summed E-state index contributed by atoms with van der Waals surface area (Å²) in [4.78, 5) is 18.0. The molecule has 0 saturated carbocycles. The average Bonchev–Trinajstić information content (AvgIpc) is 2.89. The number of esters is 1. The molecule has 0 amide bonds. The Morgan fingerprint density at radius 3 is 2.09 bits per heavy atom. The molecule has 0 aliphatic carbocycles. The molecule has 0 unspecified atom stereocenters. The molecule has 0 fully saturated rings. The first-order chi connectivity index (χ1) is 16.6. The third kappa shape index (κ3) is 4.28. The van der Waals surface area contributed by atoms with Crippen LogP contribution in [0.1, 0.15) is 21.5 Å². The second-order valence-electron chi connectivity index (χ2n) is 8.04. The second-order valence-corrected chi connectivity index (χ2v) is 8.04. The zero-order valence-corrected chi connectivity index (χ0v) is 18.5. The Morgan fingerprint density at radius 1 is 0.794 bits per heavy atom. The number of ether oxygens (including phenoxy) is 1. The molecule has 1 heterocycles. The van der Waals surface area contributed by atoms with Gasteiger partial charge in [0.25, 0.3) is 0 Å². The quantitative estimate of drug-likeness (QED) is 0.224. The van der Waals surface area contributed by atoms with Crippen LogP contribution in [0.4, 0.5) is 0 Å². The lowest BCUT2D eigenvalue weighted by Crippen LogP contribution is -2.10. The molecule has 0 saturated heterocycles. The van der Waals surface area contributed by atoms with Crippen molar-refractivity contribution in [1.29, 1.82) is 5.26 Å². The van der Waals surface area contributed by atoms with Gasteiger partial charge in [0.2, 0.25) is 0 Å². The lowest BCUT2D eigenvalue weighted by molar-refractivity contribution is 0.0737. The maximum absolute atomic E-state index is 13.2. The Bertz CT molecular complexity index is 1530. The van der Waals surface area contributed by atoms with Crippen LogP contribution in [0.2, 0.25) is 0 Å². The van der Waals surface area contributed by atoms with Gasteiger partial charge >= 0.3 is 5.97 Å². The Morgan fingerprint density at radius 2 is 1.41 bits per heavy atom. The highest BCUT2D eigenvalue weighted by atomic mass is 16.5. The van der Waals surface area contributed by atoms with Crippen molar-refractivity contribution in [3.05, 3.63) is 120 Å². The third-order valence-corrected chi connectivity index (χ3v) is 5.70. The summed E-state index contributed by atoms with van der Waals surface area (Å²) < 4.78 is 5.74. The summed E-state index contributed by atoms with van der Waals surface area (Å²) in [6, 6.07) is 34.2. The van der Waals surface area contributed by atoms with Gasteiger partial charge in [-0.05, 0) is 54.4 Å². The van der Waals surface area contributed by atoms with Gasteiger partial charge in [-0.3, -0.25) is 0 Å². The minimum atomic E-state index is -0.432. The zero-order valence-electron chi connectivity index (χ0n) is 18.5. The van der Waals surface area contributed by atoms with Crippen LogP contribution in [0, 0.1) is 18.3 Å². The minimum Gasteiger partial charge on any atom is -0.423 e. The van der Waals surface area contributed by atoms with Crippen molar-refractivity contribution in [1.82, 2.24) is 4.98 Å². The summed E-state index contributed by atoms with van der Waals surface area (Å²) >= 11 is 0. The van der Waals surface area contributed by atoms with Crippen LogP contribution in [0.25, 0.3) is 33.3 Å². The molecule has 34 heavy (non-hydrogen) atoms. The van der Waals surface area contributed by atoms with E-state index in [2.05, 4.69) is 6.07 Å². The van der Waals surface area contributed by atoms with Crippen LogP contribution in [0.15, 0.2) is 103 Å². The largest absolute Gasteiger partial charge is 0.423 e. The van der Waals surface area contributed by atoms with E-state index in [1.54, 1.807) is 30.3 Å². The summed E-state index contributed by atoms with van der Waals surface area (Å²) in [5.41, 5.74) is 6.61. The summed E-state index contributed by atoms with van der Waals surface area (Å²) in [5.74, 6) is 0.0262. The lowest BCUT2D eigenvalue weighted by atomic mass is 10.0. The number of fused-ring (bicyclic) bond motifs is 1. The van der Waals surface area contributed by atoms with E-state index in [1.165, 1.54) is 0 Å². The van der Waals surface area contributed by atoms with Crippen molar-refractivity contribution < 1.29 is 9.53 Å². The van der Waals surface area contributed by atoms with Crippen LogP contribution in [-0.2, 0) is 0 Å². The van der Waals surface area contributed by atoms with Crippen molar-refractivity contribution in [3.8, 4) is 34.2 Å². The molecule has 0 atom stereocenters. The van der Waals surface area contributed by atoms with Gasteiger partial charge in [-0.2, -0.15) is 5.26 Å². The highest BCUT2D eigenvalue weighted by Crippen LogP contribution is 2.27. The van der Waals surface area contributed by atoms with Crippen LogP contribution in [0.3, 0.4) is 0 Å². The van der Waals surface area contributed by atoms with Gasteiger partial charge in [0.05, 0.1) is 28.4 Å². The first kappa shape index (κ1) is 21.1. The van der Waals surface area contributed by atoms with E-state index in [4.69, 9.17) is 15.0 Å². The Balaban J connectivity index is 1.45. The smallest absolute Gasteiger partial charge is 0.344 e. The minimum absolute atomic E-state index is 0.432. The number of pyridine rings is 1. The number of aryl methyl sites for hydroxylation is 1. The Kier molecular flexibility index (Phi) is 5.60. The predicted octanol–water partition coefficient (Wildman–Crippen LogP) is 6.97. The first-order valence-corrected chi connectivity index (χ1v) is 10.9. The fourth-order valence-electron chi connectivity index (χ4n) is 3.83. The van der Waals surface area contributed by atoms with E-state index in [0.29, 0.717) is 16.9 Å². The highest BCUT2D eigenvalue weighted by Gasteiger charge is 2.16. The van der Waals surface area contributed by atoms with Crippen LogP contribution >= 0.6 is 0 Å². The molecule has 5 rings (SSSR count). The standard InChI is InChI=1S/C30H20N2O2/c1-20-6-10-24(11-7-20)29-18-27(26-4-2-3-5-28(26)32-29)30(33)34-25-16-14-23(15-17-25)22-12-8-21(19-31)9-13-22/h2-18H,1H3. The number of para-hydroxylation sites is 1. The number of rotatable bonds is 4. The van der Waals surface area contributed by atoms with Crippen molar-refractivity contribution >= 4 is 16.9 Å². The molecule has 1 aromatic heterocycles. The molecule has 4 heteroatoms. The first-order valence-electron chi connectivity index (χ1n) is 10.9. The molecule has 0 aliphatic heterocycles. The number of aromatic nitrogens is 1. The number of hydrogen-bond acceptors (Lipinski definition) is 4. The van der Waals surface area contributed by atoms with Crippen LogP contribution < -0.4 is 4.74 Å². The number of nitrogens with zero attached hydrogens (tertiary/aromatic N) is 2. The van der Waals surface area contributed by atoms with E-state index in [1.807, 2.05) is 79.7 Å². The van der Waals surface area contributed by atoms with Gasteiger partial charge in [0.1, 0.15) is 5.75 Å². The SMILES string of the molecule is Cc1ccc(-c2cc(C(=O)Oc3ccc(-c4ccc(C#N)cc4)cc3)c3ccccc3n2)cc1. The number of hydrogen-bond donors (Lipinski definition) is 0. The number of nitriles is 1. The molecular weight excluding hydrogens is 420 g/mol.